The van der Waals surface area contributed by atoms with E-state index in [0.29, 0.717) is 38.9 Å². The van der Waals surface area contributed by atoms with Gasteiger partial charge in [0, 0.05) is 23.0 Å². The molecule has 4 aliphatic rings. The number of ether oxygens (including phenoxy) is 2. The topological polar surface area (TPSA) is 140 Å². The van der Waals surface area contributed by atoms with Crippen molar-refractivity contribution in [2.24, 2.45) is 17.6 Å². The van der Waals surface area contributed by atoms with Gasteiger partial charge in [-0.05, 0) is 36.2 Å². The van der Waals surface area contributed by atoms with Gasteiger partial charge in [-0.2, -0.15) is 0 Å². The molecule has 0 bridgehead atoms. The fraction of sp³-hybridized carbons (Fsp3) is 0.333. The average Bonchev–Trinajstić information content (AvgIpc) is 3.53. The summed E-state index contributed by atoms with van der Waals surface area (Å²) in [6.07, 6.45) is -0.199. The van der Waals surface area contributed by atoms with Crippen molar-refractivity contribution in [3.63, 3.8) is 0 Å². The van der Waals surface area contributed by atoms with Crippen LogP contribution in [0.25, 0.3) is 0 Å². The van der Waals surface area contributed by atoms with E-state index in [-0.39, 0.29) is 19.8 Å². The van der Waals surface area contributed by atoms with Gasteiger partial charge < -0.3 is 20.5 Å². The van der Waals surface area contributed by atoms with Gasteiger partial charge in [-0.1, -0.05) is 23.7 Å². The number of imide groups is 1. The minimum absolute atomic E-state index is 0.00516. The average molecular weight is 497 g/mol. The Morgan fingerprint density at radius 3 is 2.71 bits per heavy atom. The zero-order valence-corrected chi connectivity index (χ0v) is 19.3. The Labute approximate surface area is 204 Å². The van der Waals surface area contributed by atoms with Crippen molar-refractivity contribution < 1.29 is 28.7 Å². The van der Waals surface area contributed by atoms with Gasteiger partial charge in [-0.25, -0.2) is 0 Å². The number of fused-ring (bicyclic) bond motifs is 5. The van der Waals surface area contributed by atoms with Crippen molar-refractivity contribution in [1.29, 1.82) is 0 Å². The van der Waals surface area contributed by atoms with Gasteiger partial charge in [0.1, 0.15) is 5.54 Å². The molecule has 4 aliphatic heterocycles. The Kier molecular flexibility index (Phi) is 4.64. The maximum Gasteiger partial charge on any atom is 0.250 e. The lowest BCUT2D eigenvalue weighted by Crippen LogP contribution is -2.53. The fourth-order valence-corrected chi connectivity index (χ4v) is 5.98. The van der Waals surface area contributed by atoms with E-state index in [0.717, 1.165) is 4.90 Å². The summed E-state index contributed by atoms with van der Waals surface area (Å²) in [5.74, 6) is -2.92. The maximum atomic E-state index is 13.8. The summed E-state index contributed by atoms with van der Waals surface area (Å²) < 4.78 is 10.7. The Morgan fingerprint density at radius 2 is 1.94 bits per heavy atom. The molecule has 2 fully saturated rings. The third-order valence-corrected chi connectivity index (χ3v) is 7.78. The van der Waals surface area contributed by atoms with Crippen LogP contribution in [0.4, 0.5) is 5.69 Å². The number of benzene rings is 2. The number of likely N-dealkylation sites (tertiary alicyclic amines) is 1. The van der Waals surface area contributed by atoms with E-state index in [1.807, 2.05) is 0 Å². The van der Waals surface area contributed by atoms with Gasteiger partial charge in [0.05, 0.1) is 24.1 Å². The van der Waals surface area contributed by atoms with Crippen molar-refractivity contribution in [3.8, 4) is 11.5 Å². The highest BCUT2D eigenvalue weighted by molar-refractivity contribution is 6.32. The number of carbonyl (C=O) groups excluding carboxylic acids is 4. The van der Waals surface area contributed by atoms with E-state index < -0.39 is 47.0 Å². The molecular formula is C24H21ClN4O6. The largest absolute Gasteiger partial charge is 0.454 e. The Balaban J connectivity index is 1.43. The van der Waals surface area contributed by atoms with Crippen molar-refractivity contribution in [3.05, 3.63) is 52.0 Å². The van der Waals surface area contributed by atoms with Gasteiger partial charge in [0.2, 0.25) is 30.4 Å². The van der Waals surface area contributed by atoms with Crippen LogP contribution in [0, 0.1) is 18.8 Å². The van der Waals surface area contributed by atoms with Crippen LogP contribution in [0.15, 0.2) is 30.3 Å². The predicted molar refractivity (Wildman–Crippen MR) is 122 cm³/mol. The molecule has 35 heavy (non-hydrogen) atoms. The molecule has 6 rings (SSSR count). The first-order valence-electron chi connectivity index (χ1n) is 11.1. The van der Waals surface area contributed by atoms with E-state index in [4.69, 9.17) is 26.8 Å². The SMILES string of the molecule is Cc1c(Cl)ccc2c1NC(=O)[C@@]21N[C@H](CC(N)=O)[C@H]2C(=O)N(Cc3ccc4c(c3)OCO4)C(=O)[C@@H]21. The van der Waals surface area contributed by atoms with E-state index in [2.05, 4.69) is 10.6 Å². The summed E-state index contributed by atoms with van der Waals surface area (Å²) in [5, 5.41) is 6.47. The van der Waals surface area contributed by atoms with Crippen molar-refractivity contribution in [1.82, 2.24) is 10.2 Å². The number of primary amides is 1. The molecule has 4 amide bonds. The lowest BCUT2D eigenvalue weighted by molar-refractivity contribution is -0.143. The Hall–Kier alpha value is -3.63. The van der Waals surface area contributed by atoms with Crippen molar-refractivity contribution in [2.75, 3.05) is 12.1 Å². The van der Waals surface area contributed by atoms with Gasteiger partial charge in [0.15, 0.2) is 11.5 Å². The summed E-state index contributed by atoms with van der Waals surface area (Å²) in [4.78, 5) is 53.9. The highest BCUT2D eigenvalue weighted by atomic mass is 35.5. The second-order valence-corrected chi connectivity index (χ2v) is 9.64. The number of nitrogens with zero attached hydrogens (tertiary/aromatic N) is 1. The Bertz CT molecular complexity index is 1350. The molecule has 0 saturated carbocycles. The first-order valence-corrected chi connectivity index (χ1v) is 11.5. The molecule has 180 valence electrons. The van der Waals surface area contributed by atoms with Gasteiger partial charge in [-0.3, -0.25) is 29.4 Å². The molecular weight excluding hydrogens is 476 g/mol. The molecule has 0 aromatic heterocycles. The standard InChI is InChI=1S/C24H21ClN4O6/c1-10-13(25)4-3-12-20(10)27-23(33)24(12)19-18(14(28-24)7-17(26)30)21(31)29(22(19)32)8-11-2-5-15-16(6-11)35-9-34-15/h2-6,14,18-19,28H,7-9H2,1H3,(H2,26,30)(H,27,33)/t14-,18-,19-,24-/m1/s1. The molecule has 4 N–H and O–H groups in total. The smallest absolute Gasteiger partial charge is 0.250 e. The molecule has 2 saturated heterocycles. The van der Waals surface area contributed by atoms with Crippen LogP contribution in [-0.4, -0.2) is 41.4 Å². The van der Waals surface area contributed by atoms with Crippen LogP contribution in [0.2, 0.25) is 5.02 Å². The quantitative estimate of drug-likeness (QED) is 0.540. The number of anilines is 1. The molecule has 1 spiro atoms. The van der Waals surface area contributed by atoms with Crippen LogP contribution >= 0.6 is 11.6 Å². The minimum atomic E-state index is -1.52. The van der Waals surface area contributed by atoms with Crippen LogP contribution in [-0.2, 0) is 31.3 Å². The van der Waals surface area contributed by atoms with E-state index in [1.54, 1.807) is 37.3 Å². The summed E-state index contributed by atoms with van der Waals surface area (Å²) in [6.45, 7) is 1.86. The van der Waals surface area contributed by atoms with Crippen LogP contribution in [0.5, 0.6) is 11.5 Å². The molecule has 0 unspecified atom stereocenters. The third kappa shape index (κ3) is 2.93. The number of hydrogen-bond acceptors (Lipinski definition) is 7. The Morgan fingerprint density at radius 1 is 1.17 bits per heavy atom. The highest BCUT2D eigenvalue weighted by Crippen LogP contribution is 2.54. The van der Waals surface area contributed by atoms with Crippen molar-refractivity contribution in [2.45, 2.75) is 31.5 Å². The van der Waals surface area contributed by atoms with Crippen LogP contribution < -0.4 is 25.8 Å². The zero-order valence-electron chi connectivity index (χ0n) is 18.6. The third-order valence-electron chi connectivity index (χ3n) is 7.37. The number of carbonyl (C=O) groups is 4. The maximum absolute atomic E-state index is 13.8. The first kappa shape index (κ1) is 21.9. The number of amides is 4. The van der Waals surface area contributed by atoms with Crippen LogP contribution in [0.3, 0.4) is 0 Å². The molecule has 2 aromatic rings. The molecule has 0 aliphatic carbocycles. The van der Waals surface area contributed by atoms with E-state index in [9.17, 15) is 19.2 Å². The van der Waals surface area contributed by atoms with Gasteiger partial charge in [-0.15, -0.1) is 0 Å². The number of nitrogens with one attached hydrogen (secondary N) is 2. The molecule has 0 radical (unpaired) electrons. The lowest BCUT2D eigenvalue weighted by Gasteiger charge is -2.29. The monoisotopic (exact) mass is 496 g/mol. The number of rotatable bonds is 4. The van der Waals surface area contributed by atoms with Crippen molar-refractivity contribution >= 4 is 40.9 Å². The minimum Gasteiger partial charge on any atom is -0.454 e. The fourth-order valence-electron chi connectivity index (χ4n) is 5.82. The first-order chi connectivity index (χ1) is 16.7. The normalized spacial score (nSPS) is 28.0. The number of hydrogen-bond donors (Lipinski definition) is 3. The lowest BCUT2D eigenvalue weighted by atomic mass is 9.76. The molecule has 11 heteroatoms. The second-order valence-electron chi connectivity index (χ2n) is 9.23. The zero-order chi connectivity index (χ0) is 24.6. The molecule has 10 nitrogen and oxygen atoms in total. The summed E-state index contributed by atoms with van der Waals surface area (Å²) in [5.41, 5.74) is 6.30. The summed E-state index contributed by atoms with van der Waals surface area (Å²) >= 11 is 6.27. The van der Waals surface area contributed by atoms with Gasteiger partial charge in [0.25, 0.3) is 0 Å². The summed E-state index contributed by atoms with van der Waals surface area (Å²) in [6, 6.07) is 7.73. The molecule has 4 heterocycles. The molecule has 2 aromatic carbocycles. The number of halogens is 1. The van der Waals surface area contributed by atoms with E-state index >= 15 is 0 Å². The highest BCUT2D eigenvalue weighted by Gasteiger charge is 2.70. The predicted octanol–water partition coefficient (Wildman–Crippen LogP) is 1.17. The molecule has 4 atom stereocenters. The van der Waals surface area contributed by atoms with E-state index in [1.165, 1.54) is 0 Å². The second kappa shape index (κ2) is 7.43. The van der Waals surface area contributed by atoms with Crippen LogP contribution in [0.1, 0.15) is 23.1 Å². The number of nitrogens with two attached hydrogens (primary N) is 1. The van der Waals surface area contributed by atoms with Gasteiger partial charge >= 0.3 is 0 Å². The summed E-state index contributed by atoms with van der Waals surface area (Å²) in [7, 11) is 0.